The molecule has 0 spiro atoms. The standard InChI is InChI=1S/C12H18O/c1-9-5-4-6-10(2)12(9)8-7-11(3)13/h4-6,11,13H,7-8H2,1-3H3. The topological polar surface area (TPSA) is 20.2 Å². The molecule has 1 N–H and O–H groups in total. The van der Waals surface area contributed by atoms with Crippen LogP contribution < -0.4 is 0 Å². The highest BCUT2D eigenvalue weighted by Gasteiger charge is 2.03. The molecule has 0 radical (unpaired) electrons. The van der Waals surface area contributed by atoms with E-state index in [1.807, 2.05) is 6.92 Å². The van der Waals surface area contributed by atoms with Crippen molar-refractivity contribution in [2.24, 2.45) is 0 Å². The van der Waals surface area contributed by atoms with Crippen LogP contribution in [0.4, 0.5) is 0 Å². The number of aliphatic hydroxyl groups is 1. The van der Waals surface area contributed by atoms with Gasteiger partial charge in [0.1, 0.15) is 0 Å². The summed E-state index contributed by atoms with van der Waals surface area (Å²) < 4.78 is 0. The van der Waals surface area contributed by atoms with Gasteiger partial charge < -0.3 is 5.11 Å². The first-order valence-corrected chi connectivity index (χ1v) is 4.84. The fourth-order valence-corrected chi connectivity index (χ4v) is 1.60. The van der Waals surface area contributed by atoms with Crippen molar-refractivity contribution >= 4 is 0 Å². The second-order valence-electron chi connectivity index (χ2n) is 3.76. The Balaban J connectivity index is 2.75. The van der Waals surface area contributed by atoms with E-state index in [-0.39, 0.29) is 6.10 Å². The van der Waals surface area contributed by atoms with Crippen LogP contribution in [0.15, 0.2) is 18.2 Å². The van der Waals surface area contributed by atoms with E-state index in [0.29, 0.717) is 0 Å². The Morgan fingerprint density at radius 3 is 2.23 bits per heavy atom. The number of rotatable bonds is 3. The van der Waals surface area contributed by atoms with Gasteiger partial charge in [0.25, 0.3) is 0 Å². The number of aryl methyl sites for hydroxylation is 2. The van der Waals surface area contributed by atoms with Crippen molar-refractivity contribution in [3.8, 4) is 0 Å². The molecule has 0 aromatic heterocycles. The third-order valence-electron chi connectivity index (χ3n) is 2.46. The molecule has 0 aliphatic rings. The van der Waals surface area contributed by atoms with Crippen molar-refractivity contribution < 1.29 is 5.11 Å². The lowest BCUT2D eigenvalue weighted by atomic mass is 9.98. The normalized spacial score (nSPS) is 12.9. The monoisotopic (exact) mass is 178 g/mol. The summed E-state index contributed by atoms with van der Waals surface area (Å²) in [5.41, 5.74) is 4.06. The van der Waals surface area contributed by atoms with Gasteiger partial charge in [-0.2, -0.15) is 0 Å². The predicted molar refractivity (Wildman–Crippen MR) is 55.9 cm³/mol. The van der Waals surface area contributed by atoms with E-state index in [2.05, 4.69) is 32.0 Å². The summed E-state index contributed by atoms with van der Waals surface area (Å²) in [6.45, 7) is 6.10. The minimum absolute atomic E-state index is 0.195. The van der Waals surface area contributed by atoms with Crippen LogP contribution in [0.2, 0.25) is 0 Å². The molecule has 1 unspecified atom stereocenters. The summed E-state index contributed by atoms with van der Waals surface area (Å²) in [4.78, 5) is 0. The van der Waals surface area contributed by atoms with Crippen molar-refractivity contribution in [2.75, 3.05) is 0 Å². The van der Waals surface area contributed by atoms with Gasteiger partial charge in [0.2, 0.25) is 0 Å². The molecule has 0 fully saturated rings. The second kappa shape index (κ2) is 4.43. The SMILES string of the molecule is Cc1cccc(C)c1CCC(C)O. The number of hydrogen-bond acceptors (Lipinski definition) is 1. The molecular formula is C12H18O. The quantitative estimate of drug-likeness (QED) is 0.754. The molecule has 0 heterocycles. The molecule has 72 valence electrons. The van der Waals surface area contributed by atoms with Crippen molar-refractivity contribution in [2.45, 2.75) is 39.7 Å². The first kappa shape index (κ1) is 10.3. The number of benzene rings is 1. The smallest absolute Gasteiger partial charge is 0.0515 e. The minimum Gasteiger partial charge on any atom is -0.393 e. The number of hydrogen-bond donors (Lipinski definition) is 1. The van der Waals surface area contributed by atoms with Crippen LogP contribution in [0.1, 0.15) is 30.0 Å². The maximum atomic E-state index is 9.20. The molecule has 1 heteroatoms. The average molecular weight is 178 g/mol. The van der Waals surface area contributed by atoms with Crippen LogP contribution in [0.25, 0.3) is 0 Å². The van der Waals surface area contributed by atoms with E-state index in [4.69, 9.17) is 0 Å². The first-order chi connectivity index (χ1) is 6.11. The van der Waals surface area contributed by atoms with E-state index in [1.165, 1.54) is 16.7 Å². The Morgan fingerprint density at radius 2 is 1.77 bits per heavy atom. The Morgan fingerprint density at radius 1 is 1.23 bits per heavy atom. The molecule has 0 bridgehead atoms. The molecule has 1 nitrogen and oxygen atoms in total. The van der Waals surface area contributed by atoms with Gasteiger partial charge in [0.15, 0.2) is 0 Å². The lowest BCUT2D eigenvalue weighted by Crippen LogP contribution is -2.03. The second-order valence-corrected chi connectivity index (χ2v) is 3.76. The molecular weight excluding hydrogens is 160 g/mol. The van der Waals surface area contributed by atoms with Crippen molar-refractivity contribution in [3.63, 3.8) is 0 Å². The molecule has 1 aromatic rings. The van der Waals surface area contributed by atoms with E-state index in [0.717, 1.165) is 12.8 Å². The molecule has 0 saturated heterocycles. The predicted octanol–water partition coefficient (Wildman–Crippen LogP) is 2.62. The highest BCUT2D eigenvalue weighted by molar-refractivity contribution is 5.33. The highest BCUT2D eigenvalue weighted by atomic mass is 16.3. The lowest BCUT2D eigenvalue weighted by Gasteiger charge is -2.10. The largest absolute Gasteiger partial charge is 0.393 e. The van der Waals surface area contributed by atoms with Gasteiger partial charge in [0, 0.05) is 0 Å². The van der Waals surface area contributed by atoms with E-state index in [9.17, 15) is 5.11 Å². The summed E-state index contributed by atoms with van der Waals surface area (Å²) in [5, 5.41) is 9.20. The van der Waals surface area contributed by atoms with Gasteiger partial charge in [0.05, 0.1) is 6.10 Å². The molecule has 0 amide bonds. The highest BCUT2D eigenvalue weighted by Crippen LogP contribution is 2.15. The summed E-state index contributed by atoms with van der Waals surface area (Å²) in [5.74, 6) is 0. The average Bonchev–Trinajstić information content (AvgIpc) is 2.03. The zero-order valence-electron chi connectivity index (χ0n) is 8.67. The third-order valence-corrected chi connectivity index (χ3v) is 2.46. The molecule has 13 heavy (non-hydrogen) atoms. The maximum absolute atomic E-state index is 9.20. The summed E-state index contributed by atoms with van der Waals surface area (Å²) in [7, 11) is 0. The maximum Gasteiger partial charge on any atom is 0.0515 e. The Hall–Kier alpha value is -0.820. The fourth-order valence-electron chi connectivity index (χ4n) is 1.60. The number of aliphatic hydroxyl groups excluding tert-OH is 1. The van der Waals surface area contributed by atoms with Gasteiger partial charge in [-0.05, 0) is 50.3 Å². The third kappa shape index (κ3) is 2.85. The van der Waals surface area contributed by atoms with Crippen molar-refractivity contribution in [3.05, 3.63) is 34.9 Å². The van der Waals surface area contributed by atoms with Gasteiger partial charge in [-0.25, -0.2) is 0 Å². The molecule has 1 aromatic carbocycles. The van der Waals surface area contributed by atoms with Crippen LogP contribution in [0.3, 0.4) is 0 Å². The van der Waals surface area contributed by atoms with Crippen LogP contribution in [-0.2, 0) is 6.42 Å². The Kier molecular flexibility index (Phi) is 3.49. The van der Waals surface area contributed by atoms with Gasteiger partial charge >= 0.3 is 0 Å². The lowest BCUT2D eigenvalue weighted by molar-refractivity contribution is 0.185. The Bertz CT molecular complexity index is 256. The molecule has 1 atom stereocenters. The Labute approximate surface area is 80.4 Å². The van der Waals surface area contributed by atoms with Crippen molar-refractivity contribution in [1.29, 1.82) is 0 Å². The minimum atomic E-state index is -0.195. The van der Waals surface area contributed by atoms with Crippen LogP contribution in [0, 0.1) is 13.8 Å². The van der Waals surface area contributed by atoms with E-state index >= 15 is 0 Å². The molecule has 0 saturated carbocycles. The summed E-state index contributed by atoms with van der Waals surface area (Å²) >= 11 is 0. The zero-order chi connectivity index (χ0) is 9.84. The molecule has 0 aliphatic carbocycles. The fraction of sp³-hybridized carbons (Fsp3) is 0.500. The van der Waals surface area contributed by atoms with Gasteiger partial charge in [-0.15, -0.1) is 0 Å². The summed E-state index contributed by atoms with van der Waals surface area (Å²) in [6, 6.07) is 6.34. The van der Waals surface area contributed by atoms with Gasteiger partial charge in [-0.1, -0.05) is 18.2 Å². The van der Waals surface area contributed by atoms with E-state index < -0.39 is 0 Å². The first-order valence-electron chi connectivity index (χ1n) is 4.84. The van der Waals surface area contributed by atoms with Crippen LogP contribution >= 0.6 is 0 Å². The molecule has 0 aliphatic heterocycles. The van der Waals surface area contributed by atoms with Crippen LogP contribution in [0.5, 0.6) is 0 Å². The zero-order valence-corrected chi connectivity index (χ0v) is 8.67. The molecule has 1 rings (SSSR count). The summed E-state index contributed by atoms with van der Waals surface area (Å²) in [6.07, 6.45) is 1.64. The van der Waals surface area contributed by atoms with Crippen molar-refractivity contribution in [1.82, 2.24) is 0 Å². The van der Waals surface area contributed by atoms with Crippen LogP contribution in [-0.4, -0.2) is 11.2 Å². The van der Waals surface area contributed by atoms with Gasteiger partial charge in [-0.3, -0.25) is 0 Å². The van der Waals surface area contributed by atoms with E-state index in [1.54, 1.807) is 0 Å².